The van der Waals surface area contributed by atoms with Crippen molar-refractivity contribution in [1.29, 1.82) is 0 Å². The van der Waals surface area contributed by atoms with E-state index in [1.54, 1.807) is 42.5 Å². The normalized spacial score (nSPS) is 13.6. The Bertz CT molecular complexity index is 1000. The lowest BCUT2D eigenvalue weighted by molar-refractivity contribution is -0.117. The van der Waals surface area contributed by atoms with Gasteiger partial charge in [-0.1, -0.05) is 11.6 Å². The molecule has 2 amide bonds. The van der Waals surface area contributed by atoms with Crippen LogP contribution in [0.15, 0.2) is 46.9 Å². The average molecular weight is 369 g/mol. The van der Waals surface area contributed by atoms with Gasteiger partial charge in [0, 0.05) is 33.3 Å². The summed E-state index contributed by atoms with van der Waals surface area (Å²) in [5.74, 6) is 0.134. The van der Waals surface area contributed by atoms with Crippen LogP contribution in [0.25, 0.3) is 11.0 Å². The molecule has 1 aromatic heterocycles. The summed E-state index contributed by atoms with van der Waals surface area (Å²) in [4.78, 5) is 24.3. The van der Waals surface area contributed by atoms with Crippen LogP contribution in [0.4, 0.5) is 11.4 Å². The number of halogens is 1. The van der Waals surface area contributed by atoms with Crippen LogP contribution in [0, 0.1) is 12.8 Å². The minimum Gasteiger partial charge on any atom is -0.451 e. The van der Waals surface area contributed by atoms with Crippen LogP contribution in [0.1, 0.15) is 29.0 Å². The Balaban J connectivity index is 1.49. The maximum atomic E-state index is 12.5. The van der Waals surface area contributed by atoms with Crippen LogP contribution < -0.4 is 10.6 Å². The van der Waals surface area contributed by atoms with Crippen molar-refractivity contribution in [1.82, 2.24) is 0 Å². The fourth-order valence-corrected chi connectivity index (χ4v) is 3.00. The molecule has 3 aromatic rings. The van der Waals surface area contributed by atoms with E-state index in [2.05, 4.69) is 10.6 Å². The van der Waals surface area contributed by atoms with Crippen LogP contribution >= 0.6 is 11.6 Å². The van der Waals surface area contributed by atoms with Gasteiger partial charge in [-0.05, 0) is 62.2 Å². The first-order valence-corrected chi connectivity index (χ1v) is 8.80. The van der Waals surface area contributed by atoms with Crippen molar-refractivity contribution in [3.63, 3.8) is 0 Å². The SMILES string of the molecule is Cc1c(C(=O)Nc2ccc(NC(=O)C3CC3)cc2)oc2ccc(Cl)cc12. The largest absolute Gasteiger partial charge is 0.451 e. The van der Waals surface area contributed by atoms with E-state index < -0.39 is 0 Å². The molecule has 1 aliphatic carbocycles. The number of amides is 2. The first kappa shape index (κ1) is 16.7. The van der Waals surface area contributed by atoms with E-state index >= 15 is 0 Å². The highest BCUT2D eigenvalue weighted by Gasteiger charge is 2.29. The summed E-state index contributed by atoms with van der Waals surface area (Å²) in [5.41, 5.74) is 2.70. The first-order chi connectivity index (χ1) is 12.5. The first-order valence-electron chi connectivity index (χ1n) is 8.42. The van der Waals surface area contributed by atoms with Gasteiger partial charge >= 0.3 is 0 Å². The van der Waals surface area contributed by atoms with Crippen molar-refractivity contribution in [3.05, 3.63) is 58.8 Å². The number of carbonyl (C=O) groups excluding carboxylic acids is 2. The van der Waals surface area contributed by atoms with Crippen molar-refractivity contribution < 1.29 is 14.0 Å². The van der Waals surface area contributed by atoms with Crippen LogP contribution in [0.2, 0.25) is 5.02 Å². The molecule has 132 valence electrons. The molecule has 1 heterocycles. The van der Waals surface area contributed by atoms with E-state index in [-0.39, 0.29) is 23.5 Å². The molecule has 0 spiro atoms. The van der Waals surface area contributed by atoms with Crippen LogP contribution in [-0.4, -0.2) is 11.8 Å². The smallest absolute Gasteiger partial charge is 0.291 e. The van der Waals surface area contributed by atoms with Crippen molar-refractivity contribution in [3.8, 4) is 0 Å². The molecule has 6 heteroatoms. The minimum atomic E-state index is -0.329. The molecule has 26 heavy (non-hydrogen) atoms. The number of rotatable bonds is 4. The lowest BCUT2D eigenvalue weighted by Crippen LogP contribution is -2.14. The molecule has 5 nitrogen and oxygen atoms in total. The molecular formula is C20H17ClN2O3. The van der Waals surface area contributed by atoms with E-state index in [1.165, 1.54) is 0 Å². The van der Waals surface area contributed by atoms with Gasteiger partial charge in [-0.2, -0.15) is 0 Å². The third-order valence-electron chi connectivity index (χ3n) is 4.46. The number of anilines is 2. The summed E-state index contributed by atoms with van der Waals surface area (Å²) in [6.07, 6.45) is 1.92. The van der Waals surface area contributed by atoms with E-state index in [4.69, 9.17) is 16.0 Å². The molecule has 1 fully saturated rings. The molecule has 2 aromatic carbocycles. The summed E-state index contributed by atoms with van der Waals surface area (Å²) < 4.78 is 5.67. The number of aryl methyl sites for hydroxylation is 1. The van der Waals surface area contributed by atoms with Crippen molar-refractivity contribution in [2.24, 2.45) is 5.92 Å². The highest BCUT2D eigenvalue weighted by atomic mass is 35.5. The Morgan fingerprint density at radius 2 is 1.69 bits per heavy atom. The van der Waals surface area contributed by atoms with E-state index in [0.29, 0.717) is 16.3 Å². The maximum Gasteiger partial charge on any atom is 0.291 e. The third-order valence-corrected chi connectivity index (χ3v) is 4.70. The van der Waals surface area contributed by atoms with E-state index in [1.807, 2.05) is 6.92 Å². The number of nitrogens with one attached hydrogen (secondary N) is 2. The second-order valence-electron chi connectivity index (χ2n) is 6.49. The van der Waals surface area contributed by atoms with Gasteiger partial charge in [0.2, 0.25) is 5.91 Å². The highest BCUT2D eigenvalue weighted by Crippen LogP contribution is 2.31. The molecule has 4 rings (SSSR count). The lowest BCUT2D eigenvalue weighted by atomic mass is 10.1. The Hall–Kier alpha value is -2.79. The Kier molecular flexibility index (Phi) is 4.17. The zero-order chi connectivity index (χ0) is 18.3. The molecule has 0 aliphatic heterocycles. The number of fused-ring (bicyclic) bond motifs is 1. The average Bonchev–Trinajstić information content (AvgIpc) is 3.42. The van der Waals surface area contributed by atoms with Gasteiger partial charge in [-0.3, -0.25) is 9.59 Å². The summed E-state index contributed by atoms with van der Waals surface area (Å²) in [5, 5.41) is 7.09. The van der Waals surface area contributed by atoms with Crippen LogP contribution in [0.3, 0.4) is 0 Å². The van der Waals surface area contributed by atoms with Gasteiger partial charge in [0.15, 0.2) is 5.76 Å². The number of furan rings is 1. The van der Waals surface area contributed by atoms with Gasteiger partial charge in [0.25, 0.3) is 5.91 Å². The topological polar surface area (TPSA) is 71.3 Å². The molecule has 1 saturated carbocycles. The van der Waals surface area contributed by atoms with E-state index in [0.717, 1.165) is 29.5 Å². The fourth-order valence-electron chi connectivity index (χ4n) is 2.82. The van der Waals surface area contributed by atoms with Crippen LogP contribution in [0.5, 0.6) is 0 Å². The summed E-state index contributed by atoms with van der Waals surface area (Å²) in [7, 11) is 0. The van der Waals surface area contributed by atoms with Gasteiger partial charge in [0.05, 0.1) is 0 Å². The minimum absolute atomic E-state index is 0.0540. The van der Waals surface area contributed by atoms with Gasteiger partial charge in [0.1, 0.15) is 5.58 Å². The predicted octanol–water partition coefficient (Wildman–Crippen LogP) is 5.00. The molecule has 0 saturated heterocycles. The molecule has 0 radical (unpaired) electrons. The molecule has 0 atom stereocenters. The van der Waals surface area contributed by atoms with E-state index in [9.17, 15) is 9.59 Å². The lowest BCUT2D eigenvalue weighted by Gasteiger charge is -2.07. The summed E-state index contributed by atoms with van der Waals surface area (Å²) in [6, 6.07) is 12.3. The maximum absolute atomic E-state index is 12.5. The van der Waals surface area contributed by atoms with Crippen molar-refractivity contribution in [2.45, 2.75) is 19.8 Å². The van der Waals surface area contributed by atoms with Crippen molar-refractivity contribution >= 4 is 45.8 Å². The Morgan fingerprint density at radius 1 is 1.04 bits per heavy atom. The summed E-state index contributed by atoms with van der Waals surface area (Å²) in [6.45, 7) is 1.83. The zero-order valence-corrected chi connectivity index (χ0v) is 14.9. The second kappa shape index (κ2) is 6.50. The zero-order valence-electron chi connectivity index (χ0n) is 14.1. The number of hydrogen-bond acceptors (Lipinski definition) is 3. The van der Waals surface area contributed by atoms with Crippen LogP contribution in [-0.2, 0) is 4.79 Å². The monoisotopic (exact) mass is 368 g/mol. The summed E-state index contributed by atoms with van der Waals surface area (Å²) >= 11 is 6.01. The second-order valence-corrected chi connectivity index (χ2v) is 6.93. The molecule has 2 N–H and O–H groups in total. The highest BCUT2D eigenvalue weighted by molar-refractivity contribution is 6.31. The Labute approximate surface area is 155 Å². The van der Waals surface area contributed by atoms with Crippen molar-refractivity contribution in [2.75, 3.05) is 10.6 Å². The predicted molar refractivity (Wildman–Crippen MR) is 102 cm³/mol. The quantitative estimate of drug-likeness (QED) is 0.681. The van der Waals surface area contributed by atoms with Gasteiger partial charge < -0.3 is 15.1 Å². The number of carbonyl (C=O) groups is 2. The molecule has 1 aliphatic rings. The van der Waals surface area contributed by atoms with Gasteiger partial charge in [-0.15, -0.1) is 0 Å². The fraction of sp³-hybridized carbons (Fsp3) is 0.200. The number of hydrogen-bond donors (Lipinski definition) is 2. The molecule has 0 unspecified atom stereocenters. The third kappa shape index (κ3) is 3.30. The molecular weight excluding hydrogens is 352 g/mol. The Morgan fingerprint density at radius 3 is 2.35 bits per heavy atom. The number of benzene rings is 2. The standard InChI is InChI=1S/C20H17ClN2O3/c1-11-16-10-13(21)4-9-17(16)26-18(11)20(25)23-15-7-5-14(6-8-15)22-19(24)12-2-3-12/h4-10,12H,2-3H2,1H3,(H,22,24)(H,23,25). The molecule has 0 bridgehead atoms. The van der Waals surface area contributed by atoms with Gasteiger partial charge in [-0.25, -0.2) is 0 Å².